The summed E-state index contributed by atoms with van der Waals surface area (Å²) in [5, 5.41) is 2.08. The third-order valence-electron chi connectivity index (χ3n) is 4.04. The van der Waals surface area contributed by atoms with Crippen molar-refractivity contribution < 1.29 is 4.79 Å². The van der Waals surface area contributed by atoms with Gasteiger partial charge in [0.2, 0.25) is 5.91 Å². The maximum absolute atomic E-state index is 12.3. The lowest BCUT2D eigenvalue weighted by Crippen LogP contribution is -2.47. The number of thiophene rings is 1. The van der Waals surface area contributed by atoms with Crippen LogP contribution in [-0.4, -0.2) is 67.4 Å². The van der Waals surface area contributed by atoms with Crippen molar-refractivity contribution in [1.29, 1.82) is 0 Å². The van der Waals surface area contributed by atoms with Crippen LogP contribution in [0, 0.1) is 0 Å². The van der Waals surface area contributed by atoms with Crippen LogP contribution in [0.15, 0.2) is 17.5 Å². The molecule has 1 amide bonds. The summed E-state index contributed by atoms with van der Waals surface area (Å²) < 4.78 is 0. The lowest BCUT2D eigenvalue weighted by atomic mass is 10.0. The molecule has 0 spiro atoms. The van der Waals surface area contributed by atoms with Crippen molar-refractivity contribution in [2.75, 3.05) is 40.8 Å². The first-order valence-electron chi connectivity index (χ1n) is 7.21. The molecule has 0 unspecified atom stereocenters. The summed E-state index contributed by atoms with van der Waals surface area (Å²) in [6.45, 7) is 3.53. The first-order valence-corrected chi connectivity index (χ1v) is 8.09. The molecule has 0 aromatic carbocycles. The van der Waals surface area contributed by atoms with E-state index in [1.807, 2.05) is 19.0 Å². The van der Waals surface area contributed by atoms with Crippen LogP contribution in [0.4, 0.5) is 0 Å². The van der Waals surface area contributed by atoms with Gasteiger partial charge in [-0.1, -0.05) is 6.07 Å². The molecule has 112 valence electrons. The topological polar surface area (TPSA) is 26.8 Å². The van der Waals surface area contributed by atoms with Crippen LogP contribution in [0.25, 0.3) is 0 Å². The second kappa shape index (κ2) is 7.20. The number of piperidine rings is 1. The summed E-state index contributed by atoms with van der Waals surface area (Å²) in [6.07, 6.45) is 2.18. The van der Waals surface area contributed by atoms with Gasteiger partial charge in [0, 0.05) is 24.5 Å². The van der Waals surface area contributed by atoms with E-state index in [4.69, 9.17) is 0 Å². The second-order valence-electron chi connectivity index (χ2n) is 5.79. The standard InChI is InChI=1S/C15H25N3OS/c1-16-8-6-13(7-9-16)18(3)15(19)12-17(2)11-14-5-4-10-20-14/h4-5,10,13H,6-9,11-12H2,1-3H3. The summed E-state index contributed by atoms with van der Waals surface area (Å²) in [4.78, 5) is 20.0. The van der Waals surface area contributed by atoms with Gasteiger partial charge in [-0.3, -0.25) is 9.69 Å². The Morgan fingerprint density at radius 3 is 2.70 bits per heavy atom. The van der Waals surface area contributed by atoms with E-state index in [2.05, 4.69) is 34.4 Å². The molecule has 0 radical (unpaired) electrons. The van der Waals surface area contributed by atoms with Crippen molar-refractivity contribution in [3.05, 3.63) is 22.4 Å². The molecule has 0 aliphatic carbocycles. The highest BCUT2D eigenvalue weighted by Gasteiger charge is 2.24. The van der Waals surface area contributed by atoms with Crippen LogP contribution in [0.2, 0.25) is 0 Å². The first-order chi connectivity index (χ1) is 9.56. The van der Waals surface area contributed by atoms with Crippen molar-refractivity contribution >= 4 is 17.2 Å². The molecule has 0 N–H and O–H groups in total. The van der Waals surface area contributed by atoms with Crippen LogP contribution in [0.1, 0.15) is 17.7 Å². The van der Waals surface area contributed by atoms with E-state index in [-0.39, 0.29) is 5.91 Å². The molecule has 1 saturated heterocycles. The molecule has 0 atom stereocenters. The van der Waals surface area contributed by atoms with E-state index in [1.165, 1.54) is 4.88 Å². The summed E-state index contributed by atoms with van der Waals surface area (Å²) in [6, 6.07) is 4.58. The van der Waals surface area contributed by atoms with Crippen LogP contribution in [0.5, 0.6) is 0 Å². The molecule has 1 aromatic rings. The minimum absolute atomic E-state index is 0.235. The highest BCUT2D eigenvalue weighted by molar-refractivity contribution is 7.09. The van der Waals surface area contributed by atoms with Crippen LogP contribution in [0.3, 0.4) is 0 Å². The number of nitrogens with zero attached hydrogens (tertiary/aromatic N) is 3. The molecule has 4 nitrogen and oxygen atoms in total. The number of carbonyl (C=O) groups excluding carboxylic acids is 1. The minimum Gasteiger partial charge on any atom is -0.342 e. The fourth-order valence-corrected chi connectivity index (χ4v) is 3.44. The van der Waals surface area contributed by atoms with Gasteiger partial charge >= 0.3 is 0 Å². The van der Waals surface area contributed by atoms with E-state index in [9.17, 15) is 4.79 Å². The number of likely N-dealkylation sites (tertiary alicyclic amines) is 1. The highest BCUT2D eigenvalue weighted by Crippen LogP contribution is 2.15. The zero-order chi connectivity index (χ0) is 14.5. The van der Waals surface area contributed by atoms with Crippen molar-refractivity contribution in [3.63, 3.8) is 0 Å². The molecule has 1 aliphatic rings. The molecule has 1 aromatic heterocycles. The smallest absolute Gasteiger partial charge is 0.236 e. The van der Waals surface area contributed by atoms with Crippen molar-refractivity contribution in [1.82, 2.24) is 14.7 Å². The number of amides is 1. The molecule has 20 heavy (non-hydrogen) atoms. The Hall–Kier alpha value is -0.910. The maximum Gasteiger partial charge on any atom is 0.236 e. The largest absolute Gasteiger partial charge is 0.342 e. The van der Waals surface area contributed by atoms with Gasteiger partial charge in [0.15, 0.2) is 0 Å². The Kier molecular flexibility index (Phi) is 5.57. The predicted molar refractivity (Wildman–Crippen MR) is 83.9 cm³/mol. The zero-order valence-electron chi connectivity index (χ0n) is 12.7. The fraction of sp³-hybridized carbons (Fsp3) is 0.667. The predicted octanol–water partition coefficient (Wildman–Crippen LogP) is 1.73. The highest BCUT2D eigenvalue weighted by atomic mass is 32.1. The van der Waals surface area contributed by atoms with Crippen LogP contribution in [-0.2, 0) is 11.3 Å². The molecule has 2 rings (SSSR count). The number of carbonyl (C=O) groups is 1. The molecule has 0 bridgehead atoms. The monoisotopic (exact) mass is 295 g/mol. The van der Waals surface area contributed by atoms with Gasteiger partial charge in [-0.2, -0.15) is 0 Å². The van der Waals surface area contributed by atoms with Gasteiger partial charge in [-0.25, -0.2) is 0 Å². The zero-order valence-corrected chi connectivity index (χ0v) is 13.5. The Balaban J connectivity index is 1.78. The van der Waals surface area contributed by atoms with Crippen molar-refractivity contribution in [3.8, 4) is 0 Å². The lowest BCUT2D eigenvalue weighted by Gasteiger charge is -2.35. The molecule has 1 fully saturated rings. The molecule has 1 aliphatic heterocycles. The van der Waals surface area contributed by atoms with E-state index in [1.54, 1.807) is 11.3 Å². The van der Waals surface area contributed by atoms with Gasteiger partial charge in [0.05, 0.1) is 6.54 Å². The third kappa shape index (κ3) is 4.30. The van der Waals surface area contributed by atoms with Gasteiger partial charge in [-0.15, -0.1) is 11.3 Å². The summed E-state index contributed by atoms with van der Waals surface area (Å²) in [5.41, 5.74) is 0. The quantitative estimate of drug-likeness (QED) is 0.828. The van der Waals surface area contributed by atoms with Crippen LogP contribution >= 0.6 is 11.3 Å². The summed E-state index contributed by atoms with van der Waals surface area (Å²) in [7, 11) is 6.12. The van der Waals surface area contributed by atoms with Crippen molar-refractivity contribution in [2.24, 2.45) is 0 Å². The lowest BCUT2D eigenvalue weighted by molar-refractivity contribution is -0.133. The summed E-state index contributed by atoms with van der Waals surface area (Å²) >= 11 is 1.74. The van der Waals surface area contributed by atoms with Gasteiger partial charge in [0.25, 0.3) is 0 Å². The van der Waals surface area contributed by atoms with Crippen LogP contribution < -0.4 is 0 Å². The Labute approximate surface area is 126 Å². The Morgan fingerprint density at radius 1 is 1.40 bits per heavy atom. The third-order valence-corrected chi connectivity index (χ3v) is 4.90. The fourth-order valence-electron chi connectivity index (χ4n) is 2.65. The SMILES string of the molecule is CN1CCC(N(C)C(=O)CN(C)Cc2cccs2)CC1. The normalized spacial score (nSPS) is 17.6. The van der Waals surface area contributed by atoms with E-state index >= 15 is 0 Å². The van der Waals surface area contributed by atoms with E-state index < -0.39 is 0 Å². The average molecular weight is 295 g/mol. The molecular formula is C15H25N3OS. The molecular weight excluding hydrogens is 270 g/mol. The minimum atomic E-state index is 0.235. The molecule has 2 heterocycles. The Bertz CT molecular complexity index is 413. The second-order valence-corrected chi connectivity index (χ2v) is 6.82. The number of hydrogen-bond acceptors (Lipinski definition) is 4. The van der Waals surface area contributed by atoms with Gasteiger partial charge in [-0.05, 0) is 51.5 Å². The van der Waals surface area contributed by atoms with Crippen molar-refractivity contribution in [2.45, 2.75) is 25.4 Å². The number of hydrogen-bond donors (Lipinski definition) is 0. The van der Waals surface area contributed by atoms with Gasteiger partial charge < -0.3 is 9.80 Å². The average Bonchev–Trinajstić information content (AvgIpc) is 2.91. The van der Waals surface area contributed by atoms with E-state index in [0.717, 1.165) is 32.5 Å². The summed E-state index contributed by atoms with van der Waals surface area (Å²) in [5.74, 6) is 0.235. The Morgan fingerprint density at radius 2 is 2.10 bits per heavy atom. The number of rotatable bonds is 5. The van der Waals surface area contributed by atoms with E-state index in [0.29, 0.717) is 12.6 Å². The first kappa shape index (κ1) is 15.5. The maximum atomic E-state index is 12.3. The molecule has 5 heteroatoms. The molecule has 0 saturated carbocycles. The number of likely N-dealkylation sites (N-methyl/N-ethyl adjacent to an activating group) is 2. The van der Waals surface area contributed by atoms with Gasteiger partial charge in [0.1, 0.15) is 0 Å².